The Morgan fingerprint density at radius 1 is 0.410 bits per heavy atom. The molecule has 0 saturated carbocycles. The maximum atomic E-state index is 2.84. The van der Waals surface area contributed by atoms with Crippen molar-refractivity contribution in [2.45, 2.75) is 123 Å². The van der Waals surface area contributed by atoms with Crippen LogP contribution in [0, 0.1) is 5.92 Å². The molecule has 0 spiro atoms. The van der Waals surface area contributed by atoms with Gasteiger partial charge in [0.15, 0.2) is 0 Å². The number of hydrogen-bond donors (Lipinski definition) is 0. The van der Waals surface area contributed by atoms with Crippen LogP contribution in [-0.4, -0.2) is 4.57 Å². The second-order valence-corrected chi connectivity index (χ2v) is 21.7. The van der Waals surface area contributed by atoms with Gasteiger partial charge in [-0.2, -0.15) is 0 Å². The summed E-state index contributed by atoms with van der Waals surface area (Å²) in [6, 6.07) is 37.9. The number of benzene rings is 5. The lowest BCUT2D eigenvalue weighted by Crippen LogP contribution is -2.11. The summed E-state index contributed by atoms with van der Waals surface area (Å²) in [6.07, 6.45) is 21.9. The SMILES string of the molecule is CCCCCCCCCCC(CCCCCCCC)Cn1c2cc(-c3ccc(-c4cccs4)s3)c3cccc4c5cccc6c(-c7ccc(-c8cccs8)s7)cc1c(c65)c2c34. The molecule has 1 unspecified atom stereocenters. The molecule has 5 heteroatoms. The molecule has 0 radical (unpaired) electrons. The summed E-state index contributed by atoms with van der Waals surface area (Å²) in [5, 5.41) is 15.8. The van der Waals surface area contributed by atoms with E-state index >= 15 is 0 Å². The predicted molar refractivity (Wildman–Crippen MR) is 276 cm³/mol. The van der Waals surface area contributed by atoms with E-state index in [9.17, 15) is 0 Å². The van der Waals surface area contributed by atoms with Crippen LogP contribution in [0.25, 0.3) is 94.5 Å². The molecular weight excluding hydrogens is 815 g/mol. The molecular formula is C56H59NS4. The maximum Gasteiger partial charge on any atom is 0.0504 e. The highest BCUT2D eigenvalue weighted by Crippen LogP contribution is 2.52. The third-order valence-corrected chi connectivity index (χ3v) is 17.9. The fourth-order valence-electron chi connectivity index (χ4n) is 10.5. The normalized spacial score (nSPS) is 12.8. The minimum atomic E-state index is 0.661. The predicted octanol–water partition coefficient (Wildman–Crippen LogP) is 19.9. The Labute approximate surface area is 378 Å². The van der Waals surface area contributed by atoms with Gasteiger partial charge in [-0.15, -0.1) is 45.3 Å². The quantitative estimate of drug-likeness (QED) is 0.0363. The Bertz CT molecular complexity index is 2760. The van der Waals surface area contributed by atoms with Gasteiger partial charge in [0.25, 0.3) is 0 Å². The average molecular weight is 874 g/mol. The zero-order valence-corrected chi connectivity index (χ0v) is 39.3. The summed E-state index contributed by atoms with van der Waals surface area (Å²) < 4.78 is 2.84. The highest BCUT2D eigenvalue weighted by Gasteiger charge is 2.27. The van der Waals surface area contributed by atoms with Crippen LogP contribution in [0.4, 0.5) is 0 Å². The van der Waals surface area contributed by atoms with Crippen LogP contribution in [0.1, 0.15) is 117 Å². The summed E-state index contributed by atoms with van der Waals surface area (Å²) in [5.74, 6) is 0.661. The smallest absolute Gasteiger partial charge is 0.0504 e. The lowest BCUT2D eigenvalue weighted by atomic mass is 9.87. The van der Waals surface area contributed by atoms with Crippen molar-refractivity contribution in [3.8, 4) is 40.4 Å². The van der Waals surface area contributed by atoms with E-state index in [0.29, 0.717) is 5.92 Å². The molecule has 0 bridgehead atoms. The van der Waals surface area contributed by atoms with Crippen molar-refractivity contribution >= 4 is 99.5 Å². The van der Waals surface area contributed by atoms with Crippen LogP contribution in [0.15, 0.2) is 108 Å². The second kappa shape index (κ2) is 18.8. The molecule has 10 aromatic rings. The molecule has 5 heterocycles. The van der Waals surface area contributed by atoms with Crippen molar-refractivity contribution in [1.82, 2.24) is 4.57 Å². The minimum Gasteiger partial charge on any atom is -0.340 e. The number of rotatable bonds is 22. The van der Waals surface area contributed by atoms with E-state index in [-0.39, 0.29) is 0 Å². The fraction of sp³-hybridized carbons (Fsp3) is 0.357. The van der Waals surface area contributed by atoms with Crippen LogP contribution in [-0.2, 0) is 6.54 Å². The Morgan fingerprint density at radius 3 is 1.28 bits per heavy atom. The van der Waals surface area contributed by atoms with Crippen LogP contribution in [0.3, 0.4) is 0 Å². The molecule has 5 aromatic heterocycles. The monoisotopic (exact) mass is 873 g/mol. The van der Waals surface area contributed by atoms with E-state index in [1.54, 1.807) is 0 Å². The molecule has 1 atom stereocenters. The van der Waals surface area contributed by atoms with Gasteiger partial charge in [0.1, 0.15) is 0 Å². The van der Waals surface area contributed by atoms with E-state index in [1.807, 2.05) is 45.3 Å². The van der Waals surface area contributed by atoms with Crippen molar-refractivity contribution in [3.63, 3.8) is 0 Å². The van der Waals surface area contributed by atoms with Crippen molar-refractivity contribution in [1.29, 1.82) is 0 Å². The standard InChI is InChI=1S/C56H59NS4/c1-3-5-7-9-11-12-14-16-22-38(21-15-13-10-8-6-4-2)37-57-45-35-43(47-29-31-51(60-47)49-27-19-33-58-49)41-25-17-23-39-40-24-18-26-42-44(36-46(57)56(54(40)42)55(45)53(39)41)48-30-32-52(61-48)50-28-20-34-59-50/h17-20,23-36,38H,3-16,21-22,37H2,1-2H3. The summed E-state index contributed by atoms with van der Waals surface area (Å²) in [5.41, 5.74) is 5.62. The molecule has 61 heavy (non-hydrogen) atoms. The number of hydrogen-bond acceptors (Lipinski definition) is 4. The van der Waals surface area contributed by atoms with E-state index in [2.05, 4.69) is 126 Å². The molecule has 0 fully saturated rings. The molecule has 5 aromatic carbocycles. The third kappa shape index (κ3) is 8.10. The highest BCUT2D eigenvalue weighted by molar-refractivity contribution is 7.24. The lowest BCUT2D eigenvalue weighted by molar-refractivity contribution is 0.364. The van der Waals surface area contributed by atoms with Crippen LogP contribution in [0.2, 0.25) is 0 Å². The second-order valence-electron chi connectivity index (χ2n) is 17.7. The number of unbranched alkanes of at least 4 members (excludes halogenated alkanes) is 12. The number of thiophene rings is 4. The molecule has 1 nitrogen and oxygen atoms in total. The summed E-state index contributed by atoms with van der Waals surface area (Å²) >= 11 is 7.60. The van der Waals surface area contributed by atoms with Gasteiger partial charge in [0, 0.05) is 68.5 Å². The molecule has 0 aliphatic rings. The van der Waals surface area contributed by atoms with Gasteiger partial charge in [0.05, 0.1) is 11.0 Å². The first-order valence-corrected chi connectivity index (χ1v) is 26.9. The molecule has 0 aliphatic carbocycles. The topological polar surface area (TPSA) is 4.93 Å². The largest absolute Gasteiger partial charge is 0.340 e. The van der Waals surface area contributed by atoms with Gasteiger partial charge in [-0.3, -0.25) is 0 Å². The Balaban J connectivity index is 1.13. The first-order valence-electron chi connectivity index (χ1n) is 23.5. The zero-order valence-electron chi connectivity index (χ0n) is 36.1. The first-order chi connectivity index (χ1) is 30.2. The van der Waals surface area contributed by atoms with Crippen molar-refractivity contribution in [2.75, 3.05) is 0 Å². The molecule has 312 valence electrons. The van der Waals surface area contributed by atoms with Gasteiger partial charge in [-0.25, -0.2) is 0 Å². The fourth-order valence-corrected chi connectivity index (χ4v) is 14.2. The van der Waals surface area contributed by atoms with Gasteiger partial charge < -0.3 is 4.57 Å². The van der Waals surface area contributed by atoms with Crippen molar-refractivity contribution < 1.29 is 0 Å². The van der Waals surface area contributed by atoms with E-state index in [1.165, 1.54) is 197 Å². The van der Waals surface area contributed by atoms with E-state index in [4.69, 9.17) is 0 Å². The van der Waals surface area contributed by atoms with Gasteiger partial charge in [0.2, 0.25) is 0 Å². The average Bonchev–Trinajstić information content (AvgIpc) is 4.15. The minimum absolute atomic E-state index is 0.661. The summed E-state index contributed by atoms with van der Waals surface area (Å²) in [4.78, 5) is 8.17. The van der Waals surface area contributed by atoms with E-state index in [0.717, 1.165) is 6.54 Å². The maximum absolute atomic E-state index is 2.84. The molecule has 0 amide bonds. The summed E-state index contributed by atoms with van der Waals surface area (Å²) in [6.45, 7) is 5.74. The van der Waals surface area contributed by atoms with E-state index < -0.39 is 0 Å². The first kappa shape index (κ1) is 41.0. The van der Waals surface area contributed by atoms with Crippen molar-refractivity contribution in [3.05, 3.63) is 108 Å². The summed E-state index contributed by atoms with van der Waals surface area (Å²) in [7, 11) is 0. The zero-order chi connectivity index (χ0) is 41.1. The third-order valence-electron chi connectivity index (χ3n) is 13.5. The van der Waals surface area contributed by atoms with Gasteiger partial charge in [-0.05, 0) is 99.6 Å². The number of fused-ring (bicyclic) bond motifs is 1. The Morgan fingerprint density at radius 2 is 0.836 bits per heavy atom. The Kier molecular flexibility index (Phi) is 12.6. The van der Waals surface area contributed by atoms with Crippen LogP contribution >= 0.6 is 45.3 Å². The number of nitrogens with zero attached hydrogens (tertiary/aromatic N) is 1. The Hall–Kier alpha value is -4.00. The van der Waals surface area contributed by atoms with Crippen LogP contribution < -0.4 is 0 Å². The van der Waals surface area contributed by atoms with Crippen LogP contribution in [0.5, 0.6) is 0 Å². The lowest BCUT2D eigenvalue weighted by Gasteiger charge is -2.20. The van der Waals surface area contributed by atoms with Gasteiger partial charge >= 0.3 is 0 Å². The highest BCUT2D eigenvalue weighted by atomic mass is 32.1. The molecule has 10 rings (SSSR count). The molecule has 0 N–H and O–H groups in total. The van der Waals surface area contributed by atoms with Crippen molar-refractivity contribution in [2.24, 2.45) is 5.92 Å². The number of aromatic nitrogens is 1. The van der Waals surface area contributed by atoms with Gasteiger partial charge in [-0.1, -0.05) is 152 Å². The molecule has 0 saturated heterocycles. The molecule has 0 aliphatic heterocycles.